The maximum atomic E-state index is 13.3. The number of nitrogens with zero attached hydrogens (tertiary/aromatic N) is 1. The van der Waals surface area contributed by atoms with Crippen molar-refractivity contribution in [3.63, 3.8) is 0 Å². The number of benzene rings is 2. The molecule has 0 unspecified atom stereocenters. The molecule has 1 N–H and O–H groups in total. The van der Waals surface area contributed by atoms with Gasteiger partial charge in [-0.1, -0.05) is 0 Å². The van der Waals surface area contributed by atoms with Crippen molar-refractivity contribution in [1.29, 1.82) is 10.7 Å². The highest BCUT2D eigenvalue weighted by atomic mass is 19.1. The minimum atomic E-state index is -0.705. The number of hydrogen-bond donors (Lipinski definition) is 1. The molecule has 2 aromatic rings. The molecule has 0 atom stereocenters. The van der Waals surface area contributed by atoms with E-state index in [-0.39, 0.29) is 22.3 Å². The lowest BCUT2D eigenvalue weighted by molar-refractivity contribution is 0.103. The molecule has 0 aliphatic heterocycles. The second-order valence-corrected chi connectivity index (χ2v) is 4.02. The maximum absolute atomic E-state index is 13.3. The summed E-state index contributed by atoms with van der Waals surface area (Å²) in [6.07, 6.45) is 0.803. The summed E-state index contributed by atoms with van der Waals surface area (Å²) in [5.74, 6) is -1.78. The van der Waals surface area contributed by atoms with Gasteiger partial charge in [-0.2, -0.15) is 5.26 Å². The molecular weight excluding hydrogens is 262 g/mol. The van der Waals surface area contributed by atoms with Crippen LogP contribution in [0, 0.1) is 28.4 Å². The van der Waals surface area contributed by atoms with Gasteiger partial charge in [-0.05, 0) is 36.4 Å². The molecule has 0 aliphatic carbocycles. The van der Waals surface area contributed by atoms with E-state index < -0.39 is 17.4 Å². The number of ketones is 1. The Bertz CT molecular complexity index is 748. The SMILES string of the molecule is N#Cc1cc(C(=O)c2ccc(F)c(C=N)c2)ccc1F. The van der Waals surface area contributed by atoms with Crippen LogP contribution in [0.15, 0.2) is 36.4 Å². The van der Waals surface area contributed by atoms with E-state index >= 15 is 0 Å². The fraction of sp³-hybridized carbons (Fsp3) is 0. The maximum Gasteiger partial charge on any atom is 0.193 e. The summed E-state index contributed by atoms with van der Waals surface area (Å²) < 4.78 is 26.4. The van der Waals surface area contributed by atoms with Gasteiger partial charge in [0.05, 0.1) is 5.56 Å². The first-order valence-corrected chi connectivity index (χ1v) is 5.61. The average Bonchev–Trinajstić information content (AvgIpc) is 2.47. The van der Waals surface area contributed by atoms with Crippen LogP contribution in [0.4, 0.5) is 8.78 Å². The van der Waals surface area contributed by atoms with Crippen molar-refractivity contribution < 1.29 is 13.6 Å². The molecule has 0 bridgehead atoms. The van der Waals surface area contributed by atoms with E-state index in [4.69, 9.17) is 10.7 Å². The Balaban J connectivity index is 2.46. The molecule has 0 spiro atoms. The minimum Gasteiger partial charge on any atom is -0.308 e. The zero-order chi connectivity index (χ0) is 14.7. The van der Waals surface area contributed by atoms with Crippen LogP contribution in [0.25, 0.3) is 0 Å². The summed E-state index contributed by atoms with van der Waals surface area (Å²) in [4.78, 5) is 12.2. The topological polar surface area (TPSA) is 64.7 Å². The van der Waals surface area contributed by atoms with Crippen LogP contribution >= 0.6 is 0 Å². The molecule has 0 heterocycles. The van der Waals surface area contributed by atoms with Gasteiger partial charge in [0.1, 0.15) is 17.7 Å². The Morgan fingerprint density at radius 2 is 1.70 bits per heavy atom. The molecule has 0 fully saturated rings. The van der Waals surface area contributed by atoms with Gasteiger partial charge in [-0.15, -0.1) is 0 Å². The van der Waals surface area contributed by atoms with E-state index in [2.05, 4.69) is 0 Å². The molecule has 2 rings (SSSR count). The normalized spacial score (nSPS) is 9.85. The summed E-state index contributed by atoms with van der Waals surface area (Å²) in [6.45, 7) is 0. The van der Waals surface area contributed by atoms with E-state index in [1.165, 1.54) is 18.2 Å². The van der Waals surface area contributed by atoms with Crippen molar-refractivity contribution in [2.45, 2.75) is 0 Å². The quantitative estimate of drug-likeness (QED) is 0.688. The van der Waals surface area contributed by atoms with Gasteiger partial charge in [-0.25, -0.2) is 8.78 Å². The zero-order valence-electron chi connectivity index (χ0n) is 10.2. The Labute approximate surface area is 113 Å². The van der Waals surface area contributed by atoms with Gasteiger partial charge in [0.2, 0.25) is 0 Å². The molecule has 20 heavy (non-hydrogen) atoms. The Morgan fingerprint density at radius 3 is 2.30 bits per heavy atom. The smallest absolute Gasteiger partial charge is 0.193 e. The van der Waals surface area contributed by atoms with Crippen molar-refractivity contribution in [3.05, 3.63) is 70.3 Å². The van der Waals surface area contributed by atoms with Gasteiger partial charge >= 0.3 is 0 Å². The van der Waals surface area contributed by atoms with E-state index in [1.807, 2.05) is 0 Å². The lowest BCUT2D eigenvalue weighted by Crippen LogP contribution is -2.04. The second-order valence-electron chi connectivity index (χ2n) is 4.02. The fourth-order valence-corrected chi connectivity index (χ4v) is 1.71. The molecule has 0 radical (unpaired) electrons. The van der Waals surface area contributed by atoms with Crippen molar-refractivity contribution in [2.75, 3.05) is 0 Å². The number of nitriles is 1. The largest absolute Gasteiger partial charge is 0.308 e. The van der Waals surface area contributed by atoms with Crippen molar-refractivity contribution in [3.8, 4) is 6.07 Å². The van der Waals surface area contributed by atoms with Crippen LogP contribution in [0.1, 0.15) is 27.0 Å². The highest BCUT2D eigenvalue weighted by molar-refractivity contribution is 6.09. The minimum absolute atomic E-state index is 0.0153. The van der Waals surface area contributed by atoms with Gasteiger partial charge in [0, 0.05) is 22.9 Å². The van der Waals surface area contributed by atoms with E-state index in [9.17, 15) is 13.6 Å². The van der Waals surface area contributed by atoms with Crippen LogP contribution in [-0.4, -0.2) is 12.0 Å². The first-order valence-electron chi connectivity index (χ1n) is 5.61. The molecule has 3 nitrogen and oxygen atoms in total. The monoisotopic (exact) mass is 270 g/mol. The van der Waals surface area contributed by atoms with Gasteiger partial charge in [0.15, 0.2) is 5.78 Å². The first kappa shape index (κ1) is 13.6. The van der Waals surface area contributed by atoms with Crippen LogP contribution in [0.3, 0.4) is 0 Å². The number of halogens is 2. The predicted octanol–water partition coefficient (Wildman–Crippen LogP) is 3.07. The highest BCUT2D eigenvalue weighted by Crippen LogP contribution is 2.16. The highest BCUT2D eigenvalue weighted by Gasteiger charge is 2.13. The standard InChI is InChI=1S/C15H8F2N2O/c16-13-3-1-9(5-11(13)7-18)15(20)10-2-4-14(17)12(6-10)8-19/h1-7,18H. The first-order chi connectivity index (χ1) is 9.56. The number of rotatable bonds is 3. The van der Waals surface area contributed by atoms with Crippen molar-refractivity contribution in [1.82, 2.24) is 0 Å². The summed E-state index contributed by atoms with van der Waals surface area (Å²) in [5, 5.41) is 15.8. The van der Waals surface area contributed by atoms with Gasteiger partial charge < -0.3 is 5.41 Å². The zero-order valence-corrected chi connectivity index (χ0v) is 10.2. The third kappa shape index (κ3) is 2.45. The molecule has 0 aliphatic rings. The van der Waals surface area contributed by atoms with Crippen molar-refractivity contribution in [2.24, 2.45) is 0 Å². The number of nitrogens with one attached hydrogen (secondary N) is 1. The molecule has 0 amide bonds. The number of hydrogen-bond acceptors (Lipinski definition) is 3. The lowest BCUT2D eigenvalue weighted by Gasteiger charge is -2.04. The Hall–Kier alpha value is -2.87. The average molecular weight is 270 g/mol. The number of carbonyl (C=O) groups excluding carboxylic acids is 1. The molecular formula is C15H8F2N2O. The predicted molar refractivity (Wildman–Crippen MR) is 68.8 cm³/mol. The molecule has 2 aromatic carbocycles. The van der Waals surface area contributed by atoms with Crippen LogP contribution in [-0.2, 0) is 0 Å². The number of carbonyl (C=O) groups is 1. The van der Waals surface area contributed by atoms with Gasteiger partial charge in [0.25, 0.3) is 0 Å². The Morgan fingerprint density at radius 1 is 1.10 bits per heavy atom. The Kier molecular flexibility index (Phi) is 3.67. The van der Waals surface area contributed by atoms with Crippen LogP contribution in [0.2, 0.25) is 0 Å². The second kappa shape index (κ2) is 5.41. The molecule has 98 valence electrons. The van der Waals surface area contributed by atoms with E-state index in [0.717, 1.165) is 24.4 Å². The molecule has 0 aromatic heterocycles. The molecule has 5 heteroatoms. The van der Waals surface area contributed by atoms with E-state index in [1.54, 1.807) is 6.07 Å². The molecule has 0 saturated carbocycles. The third-order valence-corrected chi connectivity index (χ3v) is 2.76. The summed E-state index contributed by atoms with van der Waals surface area (Å²) >= 11 is 0. The fourth-order valence-electron chi connectivity index (χ4n) is 1.71. The summed E-state index contributed by atoms with van der Waals surface area (Å²) in [7, 11) is 0. The third-order valence-electron chi connectivity index (χ3n) is 2.76. The van der Waals surface area contributed by atoms with Gasteiger partial charge in [-0.3, -0.25) is 4.79 Å². The van der Waals surface area contributed by atoms with E-state index in [0.29, 0.717) is 0 Å². The lowest BCUT2D eigenvalue weighted by atomic mass is 10.00. The van der Waals surface area contributed by atoms with Crippen molar-refractivity contribution >= 4 is 12.0 Å². The summed E-state index contributed by atoms with van der Waals surface area (Å²) in [6, 6.07) is 8.68. The van der Waals surface area contributed by atoms with Crippen LogP contribution in [0.5, 0.6) is 0 Å². The molecule has 0 saturated heterocycles. The van der Waals surface area contributed by atoms with Crippen LogP contribution < -0.4 is 0 Å². The summed E-state index contributed by atoms with van der Waals surface area (Å²) in [5.41, 5.74) is 0.0506.